The molecule has 23 heavy (non-hydrogen) atoms. The first-order valence-electron chi connectivity index (χ1n) is 7.49. The number of ketones is 1. The zero-order valence-electron chi connectivity index (χ0n) is 13.5. The van der Waals surface area contributed by atoms with Crippen LogP contribution in [0, 0.1) is 0 Å². The Hall–Kier alpha value is -2.81. The Morgan fingerprint density at radius 3 is 2.26 bits per heavy atom. The highest BCUT2D eigenvalue weighted by molar-refractivity contribution is 6.20. The van der Waals surface area contributed by atoms with E-state index >= 15 is 0 Å². The standard InChI is InChI=1S/C20H19NO2/c1-21(2)18-13-10-14-6-4-5-7-17(14)19(18)20(22)15-8-11-16(23-3)12-9-15/h4-13H,1-3H3. The molecule has 0 aliphatic rings. The van der Waals surface area contributed by atoms with Crippen molar-refractivity contribution in [2.45, 2.75) is 0 Å². The van der Waals surface area contributed by atoms with Crippen molar-refractivity contribution in [2.24, 2.45) is 0 Å². The number of fused-ring (bicyclic) bond motifs is 1. The molecule has 116 valence electrons. The molecule has 3 heteroatoms. The Bertz CT molecular complexity index is 851. The second-order valence-electron chi connectivity index (χ2n) is 5.63. The molecule has 3 aromatic carbocycles. The summed E-state index contributed by atoms with van der Waals surface area (Å²) in [4.78, 5) is 15.1. The van der Waals surface area contributed by atoms with Gasteiger partial charge in [0.05, 0.1) is 12.7 Å². The van der Waals surface area contributed by atoms with Gasteiger partial charge in [0.15, 0.2) is 5.78 Å². The molecule has 0 unspecified atom stereocenters. The average Bonchev–Trinajstić information content (AvgIpc) is 2.60. The van der Waals surface area contributed by atoms with Gasteiger partial charge < -0.3 is 9.64 Å². The third kappa shape index (κ3) is 2.78. The number of ether oxygens (including phenoxy) is 1. The van der Waals surface area contributed by atoms with Gasteiger partial charge in [0.1, 0.15) is 5.75 Å². The van der Waals surface area contributed by atoms with Gasteiger partial charge in [-0.15, -0.1) is 0 Å². The van der Waals surface area contributed by atoms with Crippen LogP contribution in [0.4, 0.5) is 5.69 Å². The molecule has 0 radical (unpaired) electrons. The fourth-order valence-corrected chi connectivity index (χ4v) is 2.76. The van der Waals surface area contributed by atoms with Crippen molar-refractivity contribution in [3.63, 3.8) is 0 Å². The van der Waals surface area contributed by atoms with Gasteiger partial charge in [0.25, 0.3) is 0 Å². The fraction of sp³-hybridized carbons (Fsp3) is 0.150. The van der Waals surface area contributed by atoms with Gasteiger partial charge in [-0.2, -0.15) is 0 Å². The SMILES string of the molecule is COc1ccc(C(=O)c2c(N(C)C)ccc3ccccc23)cc1. The third-order valence-electron chi connectivity index (χ3n) is 3.97. The summed E-state index contributed by atoms with van der Waals surface area (Å²) >= 11 is 0. The summed E-state index contributed by atoms with van der Waals surface area (Å²) in [5.41, 5.74) is 2.31. The molecule has 0 amide bonds. The average molecular weight is 305 g/mol. The molecule has 3 aromatic rings. The van der Waals surface area contributed by atoms with E-state index in [4.69, 9.17) is 4.74 Å². The van der Waals surface area contributed by atoms with Crippen molar-refractivity contribution >= 4 is 22.2 Å². The Morgan fingerprint density at radius 1 is 0.913 bits per heavy atom. The zero-order valence-corrected chi connectivity index (χ0v) is 13.5. The summed E-state index contributed by atoms with van der Waals surface area (Å²) in [7, 11) is 5.52. The summed E-state index contributed by atoms with van der Waals surface area (Å²) < 4.78 is 5.17. The van der Waals surface area contributed by atoms with Gasteiger partial charge in [-0.3, -0.25) is 4.79 Å². The largest absolute Gasteiger partial charge is 0.497 e. The number of carbonyl (C=O) groups is 1. The Morgan fingerprint density at radius 2 is 1.61 bits per heavy atom. The number of hydrogen-bond donors (Lipinski definition) is 0. The topological polar surface area (TPSA) is 29.5 Å². The van der Waals surface area contributed by atoms with E-state index in [0.717, 1.165) is 27.8 Å². The van der Waals surface area contributed by atoms with E-state index in [0.29, 0.717) is 5.56 Å². The van der Waals surface area contributed by atoms with Gasteiger partial charge in [-0.05, 0) is 41.1 Å². The lowest BCUT2D eigenvalue weighted by Gasteiger charge is -2.19. The third-order valence-corrected chi connectivity index (χ3v) is 3.97. The number of benzene rings is 3. The highest BCUT2D eigenvalue weighted by Crippen LogP contribution is 2.30. The molecular formula is C20H19NO2. The second-order valence-corrected chi connectivity index (χ2v) is 5.63. The zero-order chi connectivity index (χ0) is 16.4. The van der Waals surface area contributed by atoms with Crippen LogP contribution < -0.4 is 9.64 Å². The molecule has 0 spiro atoms. The molecule has 0 bridgehead atoms. The fourth-order valence-electron chi connectivity index (χ4n) is 2.76. The first-order valence-corrected chi connectivity index (χ1v) is 7.49. The molecule has 3 rings (SSSR count). The predicted molar refractivity (Wildman–Crippen MR) is 94.7 cm³/mol. The molecule has 0 atom stereocenters. The highest BCUT2D eigenvalue weighted by atomic mass is 16.5. The molecule has 0 N–H and O–H groups in total. The lowest BCUT2D eigenvalue weighted by molar-refractivity contribution is 0.104. The summed E-state index contributed by atoms with van der Waals surface area (Å²) in [5, 5.41) is 2.04. The van der Waals surface area contributed by atoms with Crippen LogP contribution in [0.2, 0.25) is 0 Å². The molecule has 0 fully saturated rings. The monoisotopic (exact) mass is 305 g/mol. The van der Waals surface area contributed by atoms with Crippen LogP contribution >= 0.6 is 0 Å². The smallest absolute Gasteiger partial charge is 0.195 e. The minimum Gasteiger partial charge on any atom is -0.497 e. The maximum Gasteiger partial charge on any atom is 0.195 e. The lowest BCUT2D eigenvalue weighted by Crippen LogP contribution is -2.15. The van der Waals surface area contributed by atoms with E-state index in [9.17, 15) is 4.79 Å². The van der Waals surface area contributed by atoms with Gasteiger partial charge >= 0.3 is 0 Å². The number of hydrogen-bond acceptors (Lipinski definition) is 3. The number of methoxy groups -OCH3 is 1. The molecule has 0 saturated heterocycles. The van der Waals surface area contributed by atoms with Gasteiger partial charge in [0, 0.05) is 25.3 Å². The van der Waals surface area contributed by atoms with Crippen LogP contribution in [0.1, 0.15) is 15.9 Å². The number of rotatable bonds is 4. The molecule has 3 nitrogen and oxygen atoms in total. The van der Waals surface area contributed by atoms with Crippen molar-refractivity contribution in [1.29, 1.82) is 0 Å². The van der Waals surface area contributed by atoms with Gasteiger partial charge in [-0.25, -0.2) is 0 Å². The predicted octanol–water partition coefficient (Wildman–Crippen LogP) is 4.15. The molecule has 0 aromatic heterocycles. The number of carbonyl (C=O) groups excluding carboxylic acids is 1. The Kier molecular flexibility index (Phi) is 4.02. The van der Waals surface area contributed by atoms with E-state index < -0.39 is 0 Å². The van der Waals surface area contributed by atoms with Crippen LogP contribution in [0.15, 0.2) is 60.7 Å². The number of nitrogens with zero attached hydrogens (tertiary/aromatic N) is 1. The Balaban J connectivity index is 2.19. The van der Waals surface area contributed by atoms with E-state index in [-0.39, 0.29) is 5.78 Å². The van der Waals surface area contributed by atoms with Crippen molar-refractivity contribution in [2.75, 3.05) is 26.1 Å². The van der Waals surface area contributed by atoms with Crippen molar-refractivity contribution in [3.05, 3.63) is 71.8 Å². The van der Waals surface area contributed by atoms with Crippen LogP contribution in [0.3, 0.4) is 0 Å². The summed E-state index contributed by atoms with van der Waals surface area (Å²) in [6.45, 7) is 0. The minimum atomic E-state index is 0.0214. The normalized spacial score (nSPS) is 10.6. The highest BCUT2D eigenvalue weighted by Gasteiger charge is 2.18. The lowest BCUT2D eigenvalue weighted by atomic mass is 9.95. The summed E-state index contributed by atoms with van der Waals surface area (Å²) in [6.07, 6.45) is 0. The molecule has 0 heterocycles. The van der Waals surface area contributed by atoms with Gasteiger partial charge in [-0.1, -0.05) is 30.3 Å². The molecular weight excluding hydrogens is 286 g/mol. The molecule has 0 aliphatic heterocycles. The van der Waals surface area contributed by atoms with E-state index in [1.54, 1.807) is 7.11 Å². The molecule has 0 saturated carbocycles. The number of anilines is 1. The molecule has 0 aliphatic carbocycles. The minimum absolute atomic E-state index is 0.0214. The van der Waals surface area contributed by atoms with Gasteiger partial charge in [0.2, 0.25) is 0 Å². The first kappa shape index (κ1) is 15.1. The van der Waals surface area contributed by atoms with Crippen LogP contribution in [-0.2, 0) is 0 Å². The van der Waals surface area contributed by atoms with Crippen LogP contribution in [-0.4, -0.2) is 27.0 Å². The van der Waals surface area contributed by atoms with Crippen molar-refractivity contribution in [3.8, 4) is 5.75 Å². The van der Waals surface area contributed by atoms with Crippen molar-refractivity contribution < 1.29 is 9.53 Å². The van der Waals surface area contributed by atoms with E-state index in [1.807, 2.05) is 73.6 Å². The quantitative estimate of drug-likeness (QED) is 0.678. The Labute approximate surface area is 136 Å². The van der Waals surface area contributed by atoms with E-state index in [2.05, 4.69) is 6.07 Å². The van der Waals surface area contributed by atoms with Crippen molar-refractivity contribution in [1.82, 2.24) is 0 Å². The van der Waals surface area contributed by atoms with Crippen LogP contribution in [0.5, 0.6) is 5.75 Å². The first-order chi connectivity index (χ1) is 11.1. The maximum atomic E-state index is 13.1. The maximum absolute atomic E-state index is 13.1. The van der Waals surface area contributed by atoms with E-state index in [1.165, 1.54) is 0 Å². The van der Waals surface area contributed by atoms with Crippen LogP contribution in [0.25, 0.3) is 10.8 Å². The second kappa shape index (κ2) is 6.13. The summed E-state index contributed by atoms with van der Waals surface area (Å²) in [5.74, 6) is 0.764. The summed E-state index contributed by atoms with van der Waals surface area (Å²) in [6, 6.07) is 19.3.